The Kier molecular flexibility index (Phi) is 3.82. The molecule has 1 aromatic carbocycles. The molecule has 1 fully saturated rings. The van der Waals surface area contributed by atoms with E-state index in [0.29, 0.717) is 11.8 Å². The SMILES string of the molecule is C[C@H](C(=O)O)C1CCC(c2ccccc2)CC1. The van der Waals surface area contributed by atoms with Crippen molar-refractivity contribution in [2.45, 2.75) is 38.5 Å². The van der Waals surface area contributed by atoms with E-state index in [1.54, 1.807) is 0 Å². The van der Waals surface area contributed by atoms with Crippen molar-refractivity contribution in [2.75, 3.05) is 0 Å². The minimum absolute atomic E-state index is 0.188. The molecule has 92 valence electrons. The van der Waals surface area contributed by atoms with Crippen LogP contribution in [0.3, 0.4) is 0 Å². The van der Waals surface area contributed by atoms with E-state index in [4.69, 9.17) is 5.11 Å². The highest BCUT2D eigenvalue weighted by Crippen LogP contribution is 2.38. The lowest BCUT2D eigenvalue weighted by Crippen LogP contribution is -2.24. The van der Waals surface area contributed by atoms with Gasteiger partial charge in [0.2, 0.25) is 0 Å². The topological polar surface area (TPSA) is 37.3 Å². The second-order valence-corrected chi connectivity index (χ2v) is 5.15. The number of carboxylic acids is 1. The molecular weight excluding hydrogens is 212 g/mol. The van der Waals surface area contributed by atoms with Crippen LogP contribution in [0.2, 0.25) is 0 Å². The van der Waals surface area contributed by atoms with Gasteiger partial charge in [0.15, 0.2) is 0 Å². The summed E-state index contributed by atoms with van der Waals surface area (Å²) < 4.78 is 0. The van der Waals surface area contributed by atoms with E-state index in [9.17, 15) is 4.79 Å². The van der Waals surface area contributed by atoms with E-state index in [1.807, 2.05) is 13.0 Å². The minimum atomic E-state index is -0.645. The van der Waals surface area contributed by atoms with Gasteiger partial charge in [-0.3, -0.25) is 4.79 Å². The minimum Gasteiger partial charge on any atom is -0.481 e. The van der Waals surface area contributed by atoms with Gasteiger partial charge in [0, 0.05) is 0 Å². The molecule has 0 spiro atoms. The normalized spacial score (nSPS) is 26.4. The van der Waals surface area contributed by atoms with E-state index < -0.39 is 5.97 Å². The fraction of sp³-hybridized carbons (Fsp3) is 0.533. The highest BCUT2D eigenvalue weighted by molar-refractivity contribution is 5.69. The Morgan fingerprint density at radius 1 is 1.18 bits per heavy atom. The predicted octanol–water partition coefficient (Wildman–Crippen LogP) is 3.68. The third-order valence-electron chi connectivity index (χ3n) is 4.14. The highest BCUT2D eigenvalue weighted by atomic mass is 16.4. The Labute approximate surface area is 103 Å². The van der Waals surface area contributed by atoms with Crippen molar-refractivity contribution in [1.29, 1.82) is 0 Å². The zero-order chi connectivity index (χ0) is 12.3. The number of hydrogen-bond acceptors (Lipinski definition) is 1. The van der Waals surface area contributed by atoms with Crippen LogP contribution in [0, 0.1) is 11.8 Å². The van der Waals surface area contributed by atoms with Crippen LogP contribution in [-0.2, 0) is 4.79 Å². The standard InChI is InChI=1S/C15H20O2/c1-11(15(16)17)12-7-9-14(10-8-12)13-5-3-2-4-6-13/h2-6,11-12,14H,7-10H2,1H3,(H,16,17)/t11-,12?,14?/m0/s1. The zero-order valence-corrected chi connectivity index (χ0v) is 10.3. The third-order valence-corrected chi connectivity index (χ3v) is 4.14. The summed E-state index contributed by atoms with van der Waals surface area (Å²) in [7, 11) is 0. The summed E-state index contributed by atoms with van der Waals surface area (Å²) in [6.07, 6.45) is 4.36. The molecule has 0 saturated heterocycles. The Morgan fingerprint density at radius 2 is 1.76 bits per heavy atom. The first kappa shape index (κ1) is 12.2. The first-order chi connectivity index (χ1) is 8.18. The molecule has 1 N–H and O–H groups in total. The van der Waals surface area contributed by atoms with Crippen molar-refractivity contribution in [3.63, 3.8) is 0 Å². The van der Waals surface area contributed by atoms with Crippen LogP contribution < -0.4 is 0 Å². The number of aliphatic carboxylic acids is 1. The molecule has 1 atom stereocenters. The van der Waals surface area contributed by atoms with Gasteiger partial charge in [0.05, 0.1) is 5.92 Å². The van der Waals surface area contributed by atoms with Gasteiger partial charge >= 0.3 is 5.97 Å². The van der Waals surface area contributed by atoms with Gasteiger partial charge in [0.1, 0.15) is 0 Å². The molecule has 0 amide bonds. The summed E-state index contributed by atoms with van der Waals surface area (Å²) in [4.78, 5) is 11.0. The Bertz CT molecular complexity index is 364. The number of carboxylic acid groups (broad SMARTS) is 1. The summed E-state index contributed by atoms with van der Waals surface area (Å²) in [5.41, 5.74) is 1.41. The van der Waals surface area contributed by atoms with Crippen molar-refractivity contribution in [3.8, 4) is 0 Å². The Balaban J connectivity index is 1.93. The van der Waals surface area contributed by atoms with E-state index in [0.717, 1.165) is 25.7 Å². The quantitative estimate of drug-likeness (QED) is 0.863. The van der Waals surface area contributed by atoms with Gasteiger partial charge in [-0.25, -0.2) is 0 Å². The van der Waals surface area contributed by atoms with Crippen LogP contribution in [0.1, 0.15) is 44.1 Å². The Morgan fingerprint density at radius 3 is 2.29 bits per heavy atom. The predicted molar refractivity (Wildman–Crippen MR) is 67.9 cm³/mol. The maximum atomic E-state index is 11.0. The van der Waals surface area contributed by atoms with Crippen molar-refractivity contribution < 1.29 is 9.90 Å². The van der Waals surface area contributed by atoms with Crippen LogP contribution in [0.4, 0.5) is 0 Å². The molecule has 0 heterocycles. The van der Waals surface area contributed by atoms with Gasteiger partial charge in [-0.05, 0) is 43.1 Å². The van der Waals surface area contributed by atoms with Gasteiger partial charge in [-0.1, -0.05) is 37.3 Å². The molecule has 0 radical (unpaired) electrons. The molecule has 1 aliphatic carbocycles. The second-order valence-electron chi connectivity index (χ2n) is 5.15. The van der Waals surface area contributed by atoms with E-state index in [2.05, 4.69) is 24.3 Å². The maximum Gasteiger partial charge on any atom is 0.306 e. The number of hydrogen-bond donors (Lipinski definition) is 1. The molecular formula is C15H20O2. The van der Waals surface area contributed by atoms with Gasteiger partial charge in [-0.15, -0.1) is 0 Å². The van der Waals surface area contributed by atoms with E-state index >= 15 is 0 Å². The van der Waals surface area contributed by atoms with Crippen LogP contribution in [-0.4, -0.2) is 11.1 Å². The van der Waals surface area contributed by atoms with Crippen molar-refractivity contribution in [3.05, 3.63) is 35.9 Å². The molecule has 1 saturated carbocycles. The average Bonchev–Trinajstić information content (AvgIpc) is 2.39. The molecule has 2 nitrogen and oxygen atoms in total. The maximum absolute atomic E-state index is 11.0. The largest absolute Gasteiger partial charge is 0.481 e. The highest BCUT2D eigenvalue weighted by Gasteiger charge is 2.29. The van der Waals surface area contributed by atoms with Crippen molar-refractivity contribution in [1.82, 2.24) is 0 Å². The first-order valence-corrected chi connectivity index (χ1v) is 6.46. The zero-order valence-electron chi connectivity index (χ0n) is 10.3. The summed E-state index contributed by atoms with van der Waals surface area (Å²) in [5.74, 6) is 0.167. The lowest BCUT2D eigenvalue weighted by molar-refractivity contribution is -0.143. The molecule has 0 bridgehead atoms. The van der Waals surface area contributed by atoms with Crippen molar-refractivity contribution >= 4 is 5.97 Å². The second kappa shape index (κ2) is 5.35. The van der Waals surface area contributed by atoms with Crippen LogP contribution >= 0.6 is 0 Å². The summed E-state index contributed by atoms with van der Waals surface area (Å²) in [5, 5.41) is 9.02. The fourth-order valence-electron chi connectivity index (χ4n) is 2.88. The molecule has 2 rings (SSSR count). The van der Waals surface area contributed by atoms with Crippen LogP contribution in [0.5, 0.6) is 0 Å². The van der Waals surface area contributed by atoms with Crippen molar-refractivity contribution in [2.24, 2.45) is 11.8 Å². The van der Waals surface area contributed by atoms with Gasteiger partial charge in [-0.2, -0.15) is 0 Å². The molecule has 1 aliphatic rings. The van der Waals surface area contributed by atoms with E-state index in [1.165, 1.54) is 5.56 Å². The monoisotopic (exact) mass is 232 g/mol. The fourth-order valence-corrected chi connectivity index (χ4v) is 2.88. The molecule has 0 aliphatic heterocycles. The van der Waals surface area contributed by atoms with Gasteiger partial charge in [0.25, 0.3) is 0 Å². The Hall–Kier alpha value is -1.31. The lowest BCUT2D eigenvalue weighted by Gasteiger charge is -2.30. The lowest BCUT2D eigenvalue weighted by atomic mass is 9.74. The third kappa shape index (κ3) is 2.87. The molecule has 0 aromatic heterocycles. The number of benzene rings is 1. The molecule has 1 aromatic rings. The average molecular weight is 232 g/mol. The molecule has 0 unspecified atom stereocenters. The molecule has 17 heavy (non-hydrogen) atoms. The summed E-state index contributed by atoms with van der Waals surface area (Å²) in [6.45, 7) is 1.84. The van der Waals surface area contributed by atoms with Crippen LogP contribution in [0.15, 0.2) is 30.3 Å². The number of rotatable bonds is 3. The molecule has 2 heteroatoms. The van der Waals surface area contributed by atoms with Gasteiger partial charge < -0.3 is 5.11 Å². The van der Waals surface area contributed by atoms with Crippen LogP contribution in [0.25, 0.3) is 0 Å². The number of carbonyl (C=O) groups is 1. The van der Waals surface area contributed by atoms with E-state index in [-0.39, 0.29) is 5.92 Å². The summed E-state index contributed by atoms with van der Waals surface area (Å²) >= 11 is 0. The first-order valence-electron chi connectivity index (χ1n) is 6.46. The smallest absolute Gasteiger partial charge is 0.306 e. The summed E-state index contributed by atoms with van der Waals surface area (Å²) in [6, 6.07) is 10.6.